The zero-order chi connectivity index (χ0) is 10.6. The van der Waals surface area contributed by atoms with Gasteiger partial charge in [0, 0.05) is 10.7 Å². The Labute approximate surface area is 101 Å². The summed E-state index contributed by atoms with van der Waals surface area (Å²) >= 11 is 8.06. The number of methoxy groups -OCH3 is 1. The SMILES string of the molecule is COCC(=O)Nc1ccc(I)cc1Cl. The summed E-state index contributed by atoms with van der Waals surface area (Å²) in [7, 11) is 1.47. The molecule has 76 valence electrons. The molecule has 0 aromatic heterocycles. The maximum absolute atomic E-state index is 11.2. The van der Waals surface area contributed by atoms with Crippen LogP contribution in [0.3, 0.4) is 0 Å². The first-order valence-electron chi connectivity index (χ1n) is 3.87. The van der Waals surface area contributed by atoms with Gasteiger partial charge in [0.2, 0.25) is 5.91 Å². The predicted molar refractivity (Wildman–Crippen MR) is 64.7 cm³/mol. The van der Waals surface area contributed by atoms with Crippen LogP contribution in [0.25, 0.3) is 0 Å². The highest BCUT2D eigenvalue weighted by molar-refractivity contribution is 14.1. The summed E-state index contributed by atoms with van der Waals surface area (Å²) in [6.45, 7) is 0.0301. The highest BCUT2D eigenvalue weighted by atomic mass is 127. The number of hydrogen-bond acceptors (Lipinski definition) is 2. The highest BCUT2D eigenvalue weighted by Gasteiger charge is 2.05. The number of halogens is 2. The Balaban J connectivity index is 2.72. The van der Waals surface area contributed by atoms with Gasteiger partial charge in [-0.25, -0.2) is 0 Å². The van der Waals surface area contributed by atoms with Gasteiger partial charge in [-0.3, -0.25) is 4.79 Å². The van der Waals surface area contributed by atoms with Gasteiger partial charge in [-0.2, -0.15) is 0 Å². The fraction of sp³-hybridized carbons (Fsp3) is 0.222. The molecule has 3 nitrogen and oxygen atoms in total. The van der Waals surface area contributed by atoms with Gasteiger partial charge in [-0.1, -0.05) is 11.6 Å². The smallest absolute Gasteiger partial charge is 0.250 e. The van der Waals surface area contributed by atoms with Crippen molar-refractivity contribution in [3.63, 3.8) is 0 Å². The molecule has 0 saturated heterocycles. The number of rotatable bonds is 3. The second-order valence-electron chi connectivity index (χ2n) is 2.61. The molecule has 0 fully saturated rings. The molecule has 0 spiro atoms. The minimum Gasteiger partial charge on any atom is -0.375 e. The van der Waals surface area contributed by atoms with Crippen LogP contribution in [0.15, 0.2) is 18.2 Å². The summed E-state index contributed by atoms with van der Waals surface area (Å²) in [5, 5.41) is 3.17. The van der Waals surface area contributed by atoms with Crippen molar-refractivity contribution in [2.45, 2.75) is 0 Å². The average Bonchev–Trinajstić information content (AvgIpc) is 2.10. The molecule has 0 atom stereocenters. The monoisotopic (exact) mass is 325 g/mol. The molecule has 0 radical (unpaired) electrons. The van der Waals surface area contributed by atoms with Crippen molar-refractivity contribution >= 4 is 45.8 Å². The van der Waals surface area contributed by atoms with Crippen molar-refractivity contribution in [3.05, 3.63) is 26.8 Å². The van der Waals surface area contributed by atoms with Gasteiger partial charge in [0.25, 0.3) is 0 Å². The topological polar surface area (TPSA) is 38.3 Å². The van der Waals surface area contributed by atoms with Crippen LogP contribution in [-0.2, 0) is 9.53 Å². The molecule has 1 N–H and O–H groups in total. The number of amides is 1. The molecule has 0 bridgehead atoms. The Morgan fingerprint density at radius 3 is 2.93 bits per heavy atom. The molecule has 1 rings (SSSR count). The molecule has 0 heterocycles. The minimum atomic E-state index is -0.212. The molecule has 1 aromatic rings. The van der Waals surface area contributed by atoms with Crippen molar-refractivity contribution in [1.29, 1.82) is 0 Å². The molecule has 5 heteroatoms. The maximum Gasteiger partial charge on any atom is 0.250 e. The van der Waals surface area contributed by atoms with Crippen LogP contribution in [0.1, 0.15) is 0 Å². The summed E-state index contributed by atoms with van der Waals surface area (Å²) in [5.41, 5.74) is 0.606. The van der Waals surface area contributed by atoms with E-state index in [0.717, 1.165) is 3.57 Å². The lowest BCUT2D eigenvalue weighted by molar-refractivity contribution is -0.119. The number of carbonyl (C=O) groups excluding carboxylic acids is 1. The van der Waals surface area contributed by atoms with E-state index in [4.69, 9.17) is 11.6 Å². The van der Waals surface area contributed by atoms with Crippen LogP contribution >= 0.6 is 34.2 Å². The van der Waals surface area contributed by atoms with Gasteiger partial charge in [-0.15, -0.1) is 0 Å². The molecule has 0 aliphatic heterocycles. The predicted octanol–water partition coefficient (Wildman–Crippen LogP) is 2.53. The Bertz CT molecular complexity index is 344. The molecule has 0 saturated carbocycles. The highest BCUT2D eigenvalue weighted by Crippen LogP contribution is 2.23. The summed E-state index contributed by atoms with van der Waals surface area (Å²) in [6.07, 6.45) is 0. The Hall–Kier alpha value is -0.330. The number of carbonyl (C=O) groups is 1. The summed E-state index contributed by atoms with van der Waals surface area (Å²) in [5.74, 6) is -0.212. The van der Waals surface area contributed by atoms with Crippen molar-refractivity contribution < 1.29 is 9.53 Å². The van der Waals surface area contributed by atoms with Gasteiger partial charge in [0.05, 0.1) is 10.7 Å². The lowest BCUT2D eigenvalue weighted by Crippen LogP contribution is -2.17. The van der Waals surface area contributed by atoms with Crippen LogP contribution < -0.4 is 5.32 Å². The molecular formula is C9H9ClINO2. The van der Waals surface area contributed by atoms with Gasteiger partial charge >= 0.3 is 0 Å². The van der Waals surface area contributed by atoms with Gasteiger partial charge in [-0.05, 0) is 40.8 Å². The Morgan fingerprint density at radius 2 is 2.36 bits per heavy atom. The number of ether oxygens (including phenoxy) is 1. The zero-order valence-electron chi connectivity index (χ0n) is 7.51. The van der Waals surface area contributed by atoms with Crippen molar-refractivity contribution in [3.8, 4) is 0 Å². The van der Waals surface area contributed by atoms with Crippen molar-refractivity contribution in [2.24, 2.45) is 0 Å². The quantitative estimate of drug-likeness (QED) is 0.867. The minimum absolute atomic E-state index is 0.0301. The van der Waals surface area contributed by atoms with Crippen LogP contribution in [0.2, 0.25) is 5.02 Å². The second-order valence-corrected chi connectivity index (χ2v) is 4.26. The molecule has 0 unspecified atom stereocenters. The number of anilines is 1. The third-order valence-corrected chi connectivity index (χ3v) is 2.46. The molecule has 1 aromatic carbocycles. The Kier molecular flexibility index (Phi) is 4.64. The van der Waals surface area contributed by atoms with E-state index in [9.17, 15) is 4.79 Å². The van der Waals surface area contributed by atoms with Gasteiger partial charge in [0.1, 0.15) is 6.61 Å². The first kappa shape index (κ1) is 11.7. The summed E-state index contributed by atoms with van der Waals surface area (Å²) in [6, 6.07) is 5.41. The average molecular weight is 326 g/mol. The van der Waals surface area contributed by atoms with E-state index >= 15 is 0 Å². The first-order valence-corrected chi connectivity index (χ1v) is 5.33. The molecular weight excluding hydrogens is 316 g/mol. The summed E-state index contributed by atoms with van der Waals surface area (Å²) < 4.78 is 5.71. The largest absolute Gasteiger partial charge is 0.375 e. The van der Waals surface area contributed by atoms with E-state index in [1.807, 2.05) is 6.07 Å². The van der Waals surface area contributed by atoms with Crippen LogP contribution in [0, 0.1) is 3.57 Å². The van der Waals surface area contributed by atoms with E-state index < -0.39 is 0 Å². The second kappa shape index (κ2) is 5.53. The number of benzene rings is 1. The van der Waals surface area contributed by atoms with Crippen LogP contribution in [0.5, 0.6) is 0 Å². The summed E-state index contributed by atoms with van der Waals surface area (Å²) in [4.78, 5) is 11.2. The maximum atomic E-state index is 11.2. The van der Waals surface area contributed by atoms with E-state index in [2.05, 4.69) is 32.6 Å². The molecule has 0 aliphatic carbocycles. The number of nitrogens with one attached hydrogen (secondary N) is 1. The normalized spacial score (nSPS) is 9.93. The molecule has 0 aliphatic rings. The van der Waals surface area contributed by atoms with Crippen LogP contribution in [-0.4, -0.2) is 19.6 Å². The third kappa shape index (κ3) is 3.43. The Morgan fingerprint density at radius 1 is 1.64 bits per heavy atom. The van der Waals surface area contributed by atoms with Crippen LogP contribution in [0.4, 0.5) is 5.69 Å². The lowest BCUT2D eigenvalue weighted by Gasteiger charge is -2.06. The van der Waals surface area contributed by atoms with Crippen molar-refractivity contribution in [1.82, 2.24) is 0 Å². The fourth-order valence-corrected chi connectivity index (χ4v) is 1.81. The zero-order valence-corrected chi connectivity index (χ0v) is 10.4. The van der Waals surface area contributed by atoms with Gasteiger partial charge < -0.3 is 10.1 Å². The number of hydrogen-bond donors (Lipinski definition) is 1. The molecule has 1 amide bonds. The van der Waals surface area contributed by atoms with Gasteiger partial charge in [0.15, 0.2) is 0 Å². The van der Waals surface area contributed by atoms with E-state index in [0.29, 0.717) is 10.7 Å². The lowest BCUT2D eigenvalue weighted by atomic mass is 10.3. The van der Waals surface area contributed by atoms with E-state index in [-0.39, 0.29) is 12.5 Å². The van der Waals surface area contributed by atoms with Crippen molar-refractivity contribution in [2.75, 3.05) is 19.0 Å². The first-order chi connectivity index (χ1) is 6.63. The van der Waals surface area contributed by atoms with E-state index in [1.165, 1.54) is 7.11 Å². The standard InChI is InChI=1S/C9H9ClINO2/c1-14-5-9(13)12-8-3-2-6(11)4-7(8)10/h2-4H,5H2,1H3,(H,12,13). The molecule has 14 heavy (non-hydrogen) atoms. The van der Waals surface area contributed by atoms with E-state index in [1.54, 1.807) is 12.1 Å². The third-order valence-electron chi connectivity index (χ3n) is 1.48. The fourth-order valence-electron chi connectivity index (χ4n) is 0.908.